The number of nitrogens with one attached hydrogen (secondary N) is 1. The predicted octanol–water partition coefficient (Wildman–Crippen LogP) is 6.59. The van der Waals surface area contributed by atoms with Crippen molar-refractivity contribution in [2.45, 2.75) is 6.54 Å². The van der Waals surface area contributed by atoms with Gasteiger partial charge in [-0.2, -0.15) is 0 Å². The average Bonchev–Trinajstić information content (AvgIpc) is 3.24. The number of aliphatic imine (C=N–C) groups is 1. The molecule has 0 saturated heterocycles. The maximum Gasteiger partial charge on any atom is 0.270 e. The summed E-state index contributed by atoms with van der Waals surface area (Å²) in [6, 6.07) is 32.1. The van der Waals surface area contributed by atoms with Crippen molar-refractivity contribution in [1.82, 2.24) is 4.98 Å². The highest BCUT2D eigenvalue weighted by Crippen LogP contribution is 2.33. The van der Waals surface area contributed by atoms with Crippen molar-refractivity contribution in [3.05, 3.63) is 130 Å². The summed E-state index contributed by atoms with van der Waals surface area (Å²) in [6.07, 6.45) is 0. The Labute approximate surface area is 208 Å². The number of para-hydroxylation sites is 1. The Balaban J connectivity index is 1.54. The van der Waals surface area contributed by atoms with Crippen LogP contribution in [0.2, 0.25) is 0 Å². The summed E-state index contributed by atoms with van der Waals surface area (Å²) < 4.78 is 0. The molecular weight excluding hydrogens is 452 g/mol. The first-order valence-corrected chi connectivity index (χ1v) is 11.5. The van der Waals surface area contributed by atoms with E-state index in [1.165, 1.54) is 12.1 Å². The van der Waals surface area contributed by atoms with Gasteiger partial charge in [-0.1, -0.05) is 60.7 Å². The van der Waals surface area contributed by atoms with Gasteiger partial charge < -0.3 is 15.0 Å². The van der Waals surface area contributed by atoms with Crippen LogP contribution in [0.3, 0.4) is 0 Å². The van der Waals surface area contributed by atoms with Crippen LogP contribution in [0.1, 0.15) is 16.7 Å². The molecular formula is C29H24N4O3. The number of H-pyrrole nitrogens is 1. The normalized spacial score (nSPS) is 11.5. The monoisotopic (exact) mass is 476 g/mol. The molecule has 0 amide bonds. The fraction of sp³-hybridized carbons (Fsp3) is 0.0690. The Bertz CT molecular complexity index is 1540. The Morgan fingerprint density at radius 3 is 2.28 bits per heavy atom. The van der Waals surface area contributed by atoms with Crippen molar-refractivity contribution in [3.63, 3.8) is 0 Å². The third-order valence-corrected chi connectivity index (χ3v) is 6.05. The molecule has 0 spiro atoms. The summed E-state index contributed by atoms with van der Waals surface area (Å²) in [5.74, 6) is -0.0887. The molecule has 0 fully saturated rings. The molecule has 0 saturated carbocycles. The van der Waals surface area contributed by atoms with Crippen LogP contribution in [-0.4, -0.2) is 27.8 Å². The zero-order valence-corrected chi connectivity index (χ0v) is 19.6. The number of rotatable bonds is 7. The second-order valence-corrected chi connectivity index (χ2v) is 8.52. The molecule has 1 aromatic heterocycles. The Morgan fingerprint density at radius 1 is 0.944 bits per heavy atom. The van der Waals surface area contributed by atoms with E-state index in [-0.39, 0.29) is 11.6 Å². The van der Waals surface area contributed by atoms with Crippen LogP contribution >= 0.6 is 0 Å². The molecule has 7 heteroatoms. The lowest BCUT2D eigenvalue weighted by Gasteiger charge is -2.19. The third kappa shape index (κ3) is 4.67. The zero-order chi connectivity index (χ0) is 25.1. The van der Waals surface area contributed by atoms with E-state index in [1.807, 2.05) is 79.8 Å². The summed E-state index contributed by atoms with van der Waals surface area (Å²) in [7, 11) is 2.05. The first kappa shape index (κ1) is 22.9. The van der Waals surface area contributed by atoms with Gasteiger partial charge >= 0.3 is 0 Å². The number of aromatic nitrogens is 1. The fourth-order valence-corrected chi connectivity index (χ4v) is 4.23. The quantitative estimate of drug-likeness (QED) is 0.157. The van der Waals surface area contributed by atoms with E-state index in [9.17, 15) is 15.2 Å². The van der Waals surface area contributed by atoms with Crippen molar-refractivity contribution in [1.29, 1.82) is 0 Å². The van der Waals surface area contributed by atoms with Crippen LogP contribution in [0.5, 0.6) is 5.88 Å². The number of non-ortho nitro benzene ring substituents is 1. The van der Waals surface area contributed by atoms with Crippen LogP contribution < -0.4 is 4.90 Å². The number of aromatic amines is 1. The van der Waals surface area contributed by atoms with Gasteiger partial charge in [0.25, 0.3) is 5.69 Å². The van der Waals surface area contributed by atoms with Gasteiger partial charge in [0, 0.05) is 47.9 Å². The summed E-state index contributed by atoms with van der Waals surface area (Å²) in [6.45, 7) is 0.743. The topological polar surface area (TPSA) is 94.8 Å². The van der Waals surface area contributed by atoms with Gasteiger partial charge in [0.1, 0.15) is 0 Å². The Kier molecular flexibility index (Phi) is 6.19. The second kappa shape index (κ2) is 9.76. The van der Waals surface area contributed by atoms with Crippen molar-refractivity contribution >= 4 is 33.7 Å². The van der Waals surface area contributed by atoms with Crippen molar-refractivity contribution < 1.29 is 10.0 Å². The molecule has 0 radical (unpaired) electrons. The van der Waals surface area contributed by atoms with Crippen molar-refractivity contribution in [3.8, 4) is 5.88 Å². The van der Waals surface area contributed by atoms with Crippen LogP contribution in [0.25, 0.3) is 10.9 Å². The van der Waals surface area contributed by atoms with Crippen molar-refractivity contribution in [2.24, 2.45) is 4.99 Å². The minimum absolute atomic E-state index is 0.0537. The summed E-state index contributed by atoms with van der Waals surface area (Å²) in [5.41, 5.74) is 5.24. The van der Waals surface area contributed by atoms with E-state index < -0.39 is 4.92 Å². The number of nitro benzene ring substituents is 1. The van der Waals surface area contributed by atoms with Crippen LogP contribution in [0, 0.1) is 10.1 Å². The minimum atomic E-state index is -0.447. The van der Waals surface area contributed by atoms with E-state index in [0.29, 0.717) is 27.9 Å². The number of hydrogen-bond acceptors (Lipinski definition) is 5. The largest absolute Gasteiger partial charge is 0.494 e. The lowest BCUT2D eigenvalue weighted by molar-refractivity contribution is -0.384. The van der Waals surface area contributed by atoms with Crippen LogP contribution in [0.4, 0.5) is 17.1 Å². The first-order valence-electron chi connectivity index (χ1n) is 11.5. The number of hydrogen-bond donors (Lipinski definition) is 2. The van der Waals surface area contributed by atoms with Crippen LogP contribution in [-0.2, 0) is 6.54 Å². The molecule has 0 aliphatic carbocycles. The summed E-state index contributed by atoms with van der Waals surface area (Å²) >= 11 is 0. The van der Waals surface area contributed by atoms with E-state index in [4.69, 9.17) is 4.99 Å². The number of anilines is 1. The highest BCUT2D eigenvalue weighted by atomic mass is 16.6. The number of nitrogens with zero attached hydrogens (tertiary/aromatic N) is 3. The zero-order valence-electron chi connectivity index (χ0n) is 19.6. The third-order valence-electron chi connectivity index (χ3n) is 6.05. The van der Waals surface area contributed by atoms with Gasteiger partial charge in [0.05, 0.1) is 21.9 Å². The number of benzene rings is 4. The molecule has 0 unspecified atom stereocenters. The second-order valence-electron chi connectivity index (χ2n) is 8.52. The molecule has 0 bridgehead atoms. The highest BCUT2D eigenvalue weighted by molar-refractivity contribution is 6.22. The Morgan fingerprint density at radius 2 is 1.61 bits per heavy atom. The molecule has 5 rings (SSSR count). The molecule has 2 N–H and O–H groups in total. The maximum absolute atomic E-state index is 11.4. The Hall–Kier alpha value is -4.91. The molecule has 4 aromatic carbocycles. The molecule has 36 heavy (non-hydrogen) atoms. The van der Waals surface area contributed by atoms with E-state index in [1.54, 1.807) is 6.07 Å². The standard InChI is InChI=1S/C29H24N4O3/c1-32(23-10-6-3-7-11-23)19-20-12-14-22(15-13-20)30-28(21-8-4-2-5-9-21)27-25-18-24(33(35)36)16-17-26(25)31-29(27)34/h2-18,31,34H,19H2,1H3. The highest BCUT2D eigenvalue weighted by Gasteiger charge is 2.20. The number of nitro groups is 1. The van der Waals surface area contributed by atoms with E-state index in [2.05, 4.69) is 22.0 Å². The molecule has 5 aromatic rings. The SMILES string of the molecule is CN(Cc1ccc(N=C(c2ccccc2)c2c(O)[nH]c3ccc([N+](=O)[O-])cc23)cc1)c1ccccc1. The van der Waals surface area contributed by atoms with Gasteiger partial charge in [-0.25, -0.2) is 4.99 Å². The lowest BCUT2D eigenvalue weighted by Crippen LogP contribution is -2.15. The molecule has 178 valence electrons. The molecule has 0 aliphatic heterocycles. The molecule has 0 atom stereocenters. The van der Waals surface area contributed by atoms with Gasteiger partial charge in [-0.3, -0.25) is 10.1 Å². The van der Waals surface area contributed by atoms with E-state index in [0.717, 1.165) is 23.4 Å². The predicted molar refractivity (Wildman–Crippen MR) is 143 cm³/mol. The van der Waals surface area contributed by atoms with E-state index >= 15 is 0 Å². The summed E-state index contributed by atoms with van der Waals surface area (Å²) in [5, 5.41) is 22.7. The van der Waals surface area contributed by atoms with Crippen LogP contribution in [0.15, 0.2) is 108 Å². The average molecular weight is 477 g/mol. The number of aromatic hydroxyl groups is 1. The maximum atomic E-state index is 11.4. The smallest absolute Gasteiger partial charge is 0.270 e. The lowest BCUT2D eigenvalue weighted by atomic mass is 10.0. The minimum Gasteiger partial charge on any atom is -0.494 e. The summed E-state index contributed by atoms with van der Waals surface area (Å²) in [4.78, 5) is 20.9. The molecule has 0 aliphatic rings. The van der Waals surface area contributed by atoms with Crippen molar-refractivity contribution in [2.75, 3.05) is 11.9 Å². The molecule has 7 nitrogen and oxygen atoms in total. The fourth-order valence-electron chi connectivity index (χ4n) is 4.23. The van der Waals surface area contributed by atoms with Gasteiger partial charge in [-0.05, 0) is 35.9 Å². The number of fused-ring (bicyclic) bond motifs is 1. The molecule has 1 heterocycles. The van der Waals surface area contributed by atoms with Gasteiger partial charge in [0.15, 0.2) is 5.88 Å². The first-order chi connectivity index (χ1) is 17.5. The van der Waals surface area contributed by atoms with Gasteiger partial charge in [-0.15, -0.1) is 0 Å². The van der Waals surface area contributed by atoms with Gasteiger partial charge in [0.2, 0.25) is 0 Å².